The first-order valence-electron chi connectivity index (χ1n) is 6.90. The van der Waals surface area contributed by atoms with E-state index in [9.17, 15) is 0 Å². The van der Waals surface area contributed by atoms with Gasteiger partial charge in [-0.1, -0.05) is 41.9 Å². The molecule has 0 aliphatic heterocycles. The largest absolute Gasteiger partial charge is 0.494 e. The summed E-state index contributed by atoms with van der Waals surface area (Å²) in [6.07, 6.45) is 0.887. The van der Waals surface area contributed by atoms with Crippen molar-refractivity contribution in [3.63, 3.8) is 0 Å². The molecule has 3 heteroatoms. The van der Waals surface area contributed by atoms with E-state index in [1.807, 2.05) is 43.3 Å². The molecule has 0 amide bonds. The summed E-state index contributed by atoms with van der Waals surface area (Å²) in [5.74, 6) is 1.08. The summed E-state index contributed by atoms with van der Waals surface area (Å²) >= 11 is 6.12. The van der Waals surface area contributed by atoms with Gasteiger partial charge < -0.3 is 10.5 Å². The van der Waals surface area contributed by atoms with E-state index in [2.05, 4.69) is 12.1 Å². The SMILES string of the molecule is CCOc1ccc(Cl)cc1C(CN)Cc1ccccc1. The van der Waals surface area contributed by atoms with Crippen LogP contribution < -0.4 is 10.5 Å². The van der Waals surface area contributed by atoms with E-state index in [0.29, 0.717) is 13.2 Å². The molecule has 106 valence electrons. The lowest BCUT2D eigenvalue weighted by molar-refractivity contribution is 0.334. The number of ether oxygens (including phenoxy) is 1. The van der Waals surface area contributed by atoms with Gasteiger partial charge in [-0.2, -0.15) is 0 Å². The molecule has 2 aromatic rings. The van der Waals surface area contributed by atoms with Crippen molar-refractivity contribution < 1.29 is 4.74 Å². The van der Waals surface area contributed by atoms with Crippen LogP contribution in [0.3, 0.4) is 0 Å². The van der Waals surface area contributed by atoms with Crippen LogP contribution in [0.25, 0.3) is 0 Å². The molecule has 0 fully saturated rings. The Labute approximate surface area is 125 Å². The Morgan fingerprint density at radius 2 is 1.90 bits per heavy atom. The molecule has 0 heterocycles. The number of nitrogens with two attached hydrogens (primary N) is 1. The Hall–Kier alpha value is -1.51. The van der Waals surface area contributed by atoms with Crippen molar-refractivity contribution in [2.45, 2.75) is 19.3 Å². The van der Waals surface area contributed by atoms with E-state index in [-0.39, 0.29) is 5.92 Å². The summed E-state index contributed by atoms with van der Waals surface area (Å²) in [6.45, 7) is 3.18. The first-order valence-corrected chi connectivity index (χ1v) is 7.28. The van der Waals surface area contributed by atoms with E-state index in [1.165, 1.54) is 5.56 Å². The zero-order valence-electron chi connectivity index (χ0n) is 11.7. The smallest absolute Gasteiger partial charge is 0.122 e. The van der Waals surface area contributed by atoms with Gasteiger partial charge in [-0.05, 0) is 43.7 Å². The molecule has 0 bridgehead atoms. The Morgan fingerprint density at radius 1 is 1.15 bits per heavy atom. The standard InChI is InChI=1S/C17H20ClNO/c1-2-20-17-9-8-15(18)11-16(17)14(12-19)10-13-6-4-3-5-7-13/h3-9,11,14H,2,10,12,19H2,1H3. The fourth-order valence-corrected chi connectivity index (χ4v) is 2.52. The van der Waals surface area contributed by atoms with E-state index in [1.54, 1.807) is 0 Å². The minimum absolute atomic E-state index is 0.206. The fourth-order valence-electron chi connectivity index (χ4n) is 2.34. The summed E-state index contributed by atoms with van der Waals surface area (Å²) in [6, 6.07) is 16.1. The second-order valence-electron chi connectivity index (χ2n) is 4.74. The topological polar surface area (TPSA) is 35.2 Å². The third-order valence-corrected chi connectivity index (χ3v) is 3.56. The van der Waals surface area contributed by atoms with E-state index >= 15 is 0 Å². The van der Waals surface area contributed by atoms with Crippen molar-refractivity contribution in [2.24, 2.45) is 5.73 Å². The van der Waals surface area contributed by atoms with Gasteiger partial charge in [0.25, 0.3) is 0 Å². The zero-order chi connectivity index (χ0) is 14.4. The monoisotopic (exact) mass is 289 g/mol. The molecule has 0 aliphatic carbocycles. The fraction of sp³-hybridized carbons (Fsp3) is 0.294. The van der Waals surface area contributed by atoms with Gasteiger partial charge in [0, 0.05) is 16.5 Å². The van der Waals surface area contributed by atoms with Crippen LogP contribution in [0.4, 0.5) is 0 Å². The molecule has 0 aromatic heterocycles. The first kappa shape index (κ1) is 14.9. The van der Waals surface area contributed by atoms with E-state index in [4.69, 9.17) is 22.1 Å². The van der Waals surface area contributed by atoms with Crippen LogP contribution in [0.1, 0.15) is 24.0 Å². The van der Waals surface area contributed by atoms with Crippen molar-refractivity contribution in [1.82, 2.24) is 0 Å². The average molecular weight is 290 g/mol. The average Bonchev–Trinajstić information content (AvgIpc) is 2.48. The molecule has 1 unspecified atom stereocenters. The number of benzene rings is 2. The quantitative estimate of drug-likeness (QED) is 0.871. The van der Waals surface area contributed by atoms with Crippen molar-refractivity contribution in [1.29, 1.82) is 0 Å². The van der Waals surface area contributed by atoms with Crippen LogP contribution >= 0.6 is 11.6 Å². The lowest BCUT2D eigenvalue weighted by atomic mass is 9.91. The Bertz CT molecular complexity index is 542. The van der Waals surface area contributed by atoms with Crippen molar-refractivity contribution in [3.05, 3.63) is 64.7 Å². The molecule has 0 radical (unpaired) electrons. The lowest BCUT2D eigenvalue weighted by Gasteiger charge is -2.19. The predicted molar refractivity (Wildman–Crippen MR) is 84.6 cm³/mol. The summed E-state index contributed by atoms with van der Waals surface area (Å²) < 4.78 is 5.70. The minimum Gasteiger partial charge on any atom is -0.494 e. The molecule has 2 rings (SSSR count). The van der Waals surface area contributed by atoms with Crippen molar-refractivity contribution >= 4 is 11.6 Å². The Morgan fingerprint density at radius 3 is 2.55 bits per heavy atom. The first-order chi connectivity index (χ1) is 9.74. The predicted octanol–water partition coefficient (Wildman–Crippen LogP) is 4.02. The number of halogens is 1. The molecule has 0 saturated heterocycles. The zero-order valence-corrected chi connectivity index (χ0v) is 12.4. The van der Waals surface area contributed by atoms with Crippen molar-refractivity contribution in [2.75, 3.05) is 13.2 Å². The molecule has 2 nitrogen and oxygen atoms in total. The Balaban J connectivity index is 2.28. The van der Waals surface area contributed by atoms with Crippen LogP contribution in [0, 0.1) is 0 Å². The maximum absolute atomic E-state index is 6.12. The molecular formula is C17H20ClNO. The molecule has 0 aliphatic rings. The van der Waals surface area contributed by atoms with Gasteiger partial charge in [0.2, 0.25) is 0 Å². The van der Waals surface area contributed by atoms with Gasteiger partial charge >= 0.3 is 0 Å². The second-order valence-corrected chi connectivity index (χ2v) is 5.17. The van der Waals surface area contributed by atoms with Gasteiger partial charge in [0.1, 0.15) is 5.75 Å². The van der Waals surface area contributed by atoms with E-state index < -0.39 is 0 Å². The molecular weight excluding hydrogens is 270 g/mol. The molecule has 0 spiro atoms. The molecule has 20 heavy (non-hydrogen) atoms. The normalized spacial score (nSPS) is 12.2. The highest BCUT2D eigenvalue weighted by molar-refractivity contribution is 6.30. The van der Waals surface area contributed by atoms with Crippen LogP contribution in [0.5, 0.6) is 5.75 Å². The summed E-state index contributed by atoms with van der Waals surface area (Å²) in [7, 11) is 0. The van der Waals surface area contributed by atoms with Crippen LogP contribution in [-0.4, -0.2) is 13.2 Å². The highest BCUT2D eigenvalue weighted by Crippen LogP contribution is 2.31. The van der Waals surface area contributed by atoms with Gasteiger partial charge in [-0.25, -0.2) is 0 Å². The second kappa shape index (κ2) is 7.32. The maximum Gasteiger partial charge on any atom is 0.122 e. The molecule has 1 atom stereocenters. The van der Waals surface area contributed by atoms with Crippen molar-refractivity contribution in [3.8, 4) is 5.75 Å². The highest BCUT2D eigenvalue weighted by atomic mass is 35.5. The summed E-state index contributed by atoms with van der Waals surface area (Å²) in [4.78, 5) is 0. The number of rotatable bonds is 6. The van der Waals surface area contributed by atoms with Crippen LogP contribution in [-0.2, 0) is 6.42 Å². The van der Waals surface area contributed by atoms with Crippen LogP contribution in [0.2, 0.25) is 5.02 Å². The van der Waals surface area contributed by atoms with Gasteiger partial charge in [-0.15, -0.1) is 0 Å². The summed E-state index contributed by atoms with van der Waals surface area (Å²) in [5.41, 5.74) is 8.33. The molecule has 2 aromatic carbocycles. The van der Waals surface area contributed by atoms with E-state index in [0.717, 1.165) is 22.8 Å². The van der Waals surface area contributed by atoms with Gasteiger partial charge in [0.15, 0.2) is 0 Å². The molecule has 2 N–H and O–H groups in total. The third kappa shape index (κ3) is 3.75. The maximum atomic E-state index is 6.12. The molecule has 0 saturated carbocycles. The summed E-state index contributed by atoms with van der Waals surface area (Å²) in [5, 5.41) is 0.718. The minimum atomic E-state index is 0.206. The number of hydrogen-bond donors (Lipinski definition) is 1. The Kier molecular flexibility index (Phi) is 5.45. The lowest BCUT2D eigenvalue weighted by Crippen LogP contribution is -2.16. The third-order valence-electron chi connectivity index (χ3n) is 3.32. The van der Waals surface area contributed by atoms with Crippen LogP contribution in [0.15, 0.2) is 48.5 Å². The highest BCUT2D eigenvalue weighted by Gasteiger charge is 2.16. The number of hydrogen-bond acceptors (Lipinski definition) is 2. The van der Waals surface area contributed by atoms with Gasteiger partial charge in [-0.3, -0.25) is 0 Å². The van der Waals surface area contributed by atoms with Gasteiger partial charge in [0.05, 0.1) is 6.61 Å².